The number of amides is 1. The summed E-state index contributed by atoms with van der Waals surface area (Å²) in [5.41, 5.74) is 1.61. The number of carbonyl (C=O) groups is 2. The van der Waals surface area contributed by atoms with Crippen molar-refractivity contribution in [2.45, 2.75) is 18.6 Å². The second-order valence-electron chi connectivity index (χ2n) is 6.09. The summed E-state index contributed by atoms with van der Waals surface area (Å²) in [6.45, 7) is 5.44. The van der Waals surface area contributed by atoms with E-state index in [0.29, 0.717) is 33.9 Å². The van der Waals surface area contributed by atoms with Gasteiger partial charge in [-0.05, 0) is 36.4 Å². The Morgan fingerprint density at radius 1 is 1.18 bits per heavy atom. The van der Waals surface area contributed by atoms with Crippen LogP contribution >= 0.6 is 11.8 Å². The van der Waals surface area contributed by atoms with E-state index in [0.717, 1.165) is 0 Å². The molecule has 0 spiro atoms. The van der Waals surface area contributed by atoms with Crippen molar-refractivity contribution in [1.29, 1.82) is 0 Å². The summed E-state index contributed by atoms with van der Waals surface area (Å²) in [5, 5.41) is 3.67. The van der Waals surface area contributed by atoms with Crippen LogP contribution in [0, 0.1) is 0 Å². The van der Waals surface area contributed by atoms with Gasteiger partial charge in [-0.2, -0.15) is 0 Å². The molecule has 0 bridgehead atoms. The van der Waals surface area contributed by atoms with Gasteiger partial charge in [-0.25, -0.2) is 4.98 Å². The number of fused-ring (bicyclic) bond motifs is 1. The first-order valence-corrected chi connectivity index (χ1v) is 9.62. The molecule has 7 heteroatoms. The number of para-hydroxylation sites is 1. The molecule has 142 valence electrons. The summed E-state index contributed by atoms with van der Waals surface area (Å²) in [6, 6.07) is 13.8. The highest BCUT2D eigenvalue weighted by atomic mass is 32.2. The van der Waals surface area contributed by atoms with E-state index in [1.165, 1.54) is 23.3 Å². The van der Waals surface area contributed by atoms with E-state index in [2.05, 4.69) is 16.9 Å². The van der Waals surface area contributed by atoms with Gasteiger partial charge in [0.2, 0.25) is 5.91 Å². The Bertz CT molecular complexity index is 1100. The van der Waals surface area contributed by atoms with Crippen molar-refractivity contribution >= 4 is 40.0 Å². The lowest BCUT2D eigenvalue weighted by Gasteiger charge is -2.11. The predicted octanol–water partition coefficient (Wildman–Crippen LogP) is 3.52. The molecule has 0 saturated carbocycles. The van der Waals surface area contributed by atoms with Gasteiger partial charge in [0.25, 0.3) is 5.56 Å². The Balaban J connectivity index is 1.81. The first-order chi connectivity index (χ1) is 13.5. The average Bonchev–Trinajstić information content (AvgIpc) is 2.69. The number of Topliss-reactive ketones (excluding diaryl/α,β-unsaturated/α-hetero) is 1. The number of thioether (sulfide) groups is 1. The number of anilines is 1. The molecule has 0 aliphatic rings. The Kier molecular flexibility index (Phi) is 6.06. The van der Waals surface area contributed by atoms with Crippen LogP contribution in [0.2, 0.25) is 0 Å². The Hall–Kier alpha value is -3.19. The zero-order valence-corrected chi connectivity index (χ0v) is 16.2. The van der Waals surface area contributed by atoms with E-state index in [1.807, 2.05) is 6.07 Å². The molecular weight excluding hydrogens is 374 g/mol. The topological polar surface area (TPSA) is 81.1 Å². The monoisotopic (exact) mass is 393 g/mol. The lowest BCUT2D eigenvalue weighted by Crippen LogP contribution is -2.23. The molecule has 0 aliphatic heterocycles. The second kappa shape index (κ2) is 8.67. The maximum atomic E-state index is 12.7. The summed E-state index contributed by atoms with van der Waals surface area (Å²) in [7, 11) is 0. The fourth-order valence-corrected chi connectivity index (χ4v) is 3.61. The minimum Gasteiger partial charge on any atom is -0.326 e. The molecule has 0 aliphatic carbocycles. The van der Waals surface area contributed by atoms with Gasteiger partial charge >= 0.3 is 0 Å². The number of carbonyl (C=O) groups excluding carboxylic acids is 2. The number of hydrogen-bond donors (Lipinski definition) is 1. The molecule has 0 fully saturated rings. The number of benzene rings is 2. The number of aromatic nitrogens is 2. The van der Waals surface area contributed by atoms with Crippen LogP contribution in [0.3, 0.4) is 0 Å². The van der Waals surface area contributed by atoms with Crippen molar-refractivity contribution in [2.24, 2.45) is 0 Å². The zero-order valence-electron chi connectivity index (χ0n) is 15.3. The van der Waals surface area contributed by atoms with E-state index in [-0.39, 0.29) is 23.0 Å². The van der Waals surface area contributed by atoms with Gasteiger partial charge in [-0.1, -0.05) is 30.0 Å². The van der Waals surface area contributed by atoms with Crippen LogP contribution in [-0.4, -0.2) is 27.0 Å². The second-order valence-corrected chi connectivity index (χ2v) is 7.03. The van der Waals surface area contributed by atoms with Crippen LogP contribution in [0.15, 0.2) is 71.1 Å². The van der Waals surface area contributed by atoms with Crippen molar-refractivity contribution in [3.63, 3.8) is 0 Å². The first-order valence-electron chi connectivity index (χ1n) is 8.63. The van der Waals surface area contributed by atoms with Gasteiger partial charge in [-0.3, -0.25) is 19.0 Å². The molecule has 1 aromatic heterocycles. The third-order valence-corrected chi connectivity index (χ3v) is 4.97. The number of hydrogen-bond acceptors (Lipinski definition) is 5. The molecule has 28 heavy (non-hydrogen) atoms. The average molecular weight is 393 g/mol. The Labute approximate surface area is 166 Å². The zero-order chi connectivity index (χ0) is 20.1. The lowest BCUT2D eigenvalue weighted by molar-refractivity contribution is -0.114. The van der Waals surface area contributed by atoms with Crippen molar-refractivity contribution < 1.29 is 9.59 Å². The van der Waals surface area contributed by atoms with Gasteiger partial charge in [0.05, 0.1) is 16.7 Å². The summed E-state index contributed by atoms with van der Waals surface area (Å²) in [4.78, 5) is 40.9. The van der Waals surface area contributed by atoms with Crippen LogP contribution in [0.4, 0.5) is 5.69 Å². The van der Waals surface area contributed by atoms with Gasteiger partial charge in [0.15, 0.2) is 10.9 Å². The molecule has 0 atom stereocenters. The van der Waals surface area contributed by atoms with Crippen LogP contribution in [0.5, 0.6) is 0 Å². The van der Waals surface area contributed by atoms with Gasteiger partial charge in [0, 0.05) is 24.7 Å². The van der Waals surface area contributed by atoms with Gasteiger partial charge in [0.1, 0.15) is 0 Å². The molecule has 1 amide bonds. The lowest BCUT2D eigenvalue weighted by atomic mass is 10.1. The highest BCUT2D eigenvalue weighted by Gasteiger charge is 2.13. The number of nitrogens with zero attached hydrogens (tertiary/aromatic N) is 2. The highest BCUT2D eigenvalue weighted by molar-refractivity contribution is 7.99. The van der Waals surface area contributed by atoms with Crippen LogP contribution < -0.4 is 10.9 Å². The molecule has 1 heterocycles. The molecule has 1 N–H and O–H groups in total. The Morgan fingerprint density at radius 3 is 2.57 bits per heavy atom. The summed E-state index contributed by atoms with van der Waals surface area (Å²) in [6.07, 6.45) is 1.63. The minimum atomic E-state index is -0.169. The molecule has 3 rings (SSSR count). The fourth-order valence-electron chi connectivity index (χ4n) is 2.70. The molecule has 3 aromatic rings. The molecular formula is C21H19N3O3S. The van der Waals surface area contributed by atoms with Crippen LogP contribution in [-0.2, 0) is 11.3 Å². The first kappa shape index (κ1) is 19.6. The molecule has 0 radical (unpaired) electrons. The van der Waals surface area contributed by atoms with E-state index in [4.69, 9.17) is 0 Å². The number of ketones is 1. The normalized spacial score (nSPS) is 10.6. The fraction of sp³-hybridized carbons (Fsp3) is 0.143. The third-order valence-electron chi connectivity index (χ3n) is 4.00. The highest BCUT2D eigenvalue weighted by Crippen LogP contribution is 2.20. The van der Waals surface area contributed by atoms with Crippen molar-refractivity contribution in [1.82, 2.24) is 9.55 Å². The standard InChI is InChI=1S/C21H19N3O3S/c1-3-12-24-20(27)17-6-4-5-7-18(17)23-21(24)28-13-19(26)15-8-10-16(11-9-15)22-14(2)25/h3-11H,1,12-13H2,2H3,(H,22,25). The Morgan fingerprint density at radius 2 is 1.89 bits per heavy atom. The molecule has 2 aromatic carbocycles. The minimum absolute atomic E-state index is 0.0908. The van der Waals surface area contributed by atoms with Crippen molar-refractivity contribution in [3.05, 3.63) is 77.1 Å². The van der Waals surface area contributed by atoms with E-state index in [9.17, 15) is 14.4 Å². The molecule has 6 nitrogen and oxygen atoms in total. The van der Waals surface area contributed by atoms with E-state index >= 15 is 0 Å². The quantitative estimate of drug-likeness (QED) is 0.287. The summed E-state index contributed by atoms with van der Waals surface area (Å²) in [5.74, 6) is -0.120. The number of nitrogens with one attached hydrogen (secondary N) is 1. The predicted molar refractivity (Wildman–Crippen MR) is 112 cm³/mol. The van der Waals surface area contributed by atoms with E-state index in [1.54, 1.807) is 48.5 Å². The molecule has 0 unspecified atom stereocenters. The molecule has 0 saturated heterocycles. The van der Waals surface area contributed by atoms with Gasteiger partial charge < -0.3 is 5.32 Å². The van der Waals surface area contributed by atoms with Crippen LogP contribution in [0.25, 0.3) is 10.9 Å². The van der Waals surface area contributed by atoms with Crippen LogP contribution in [0.1, 0.15) is 17.3 Å². The SMILES string of the molecule is C=CCn1c(SCC(=O)c2ccc(NC(C)=O)cc2)nc2ccccc2c1=O. The largest absolute Gasteiger partial charge is 0.326 e. The summed E-state index contributed by atoms with van der Waals surface area (Å²) < 4.78 is 1.52. The van der Waals surface area contributed by atoms with Gasteiger partial charge in [-0.15, -0.1) is 6.58 Å². The number of rotatable bonds is 7. The van der Waals surface area contributed by atoms with Crippen molar-refractivity contribution in [3.8, 4) is 0 Å². The smallest absolute Gasteiger partial charge is 0.262 e. The van der Waals surface area contributed by atoms with E-state index < -0.39 is 0 Å². The maximum absolute atomic E-state index is 12.7. The maximum Gasteiger partial charge on any atom is 0.262 e. The summed E-state index contributed by atoms with van der Waals surface area (Å²) >= 11 is 1.22. The third kappa shape index (κ3) is 4.37. The number of allylic oxidation sites excluding steroid dienone is 1. The van der Waals surface area contributed by atoms with Crippen molar-refractivity contribution in [2.75, 3.05) is 11.1 Å².